The van der Waals surface area contributed by atoms with E-state index < -0.39 is 10.0 Å². The first-order valence-corrected chi connectivity index (χ1v) is 9.19. The van der Waals surface area contributed by atoms with Crippen molar-refractivity contribution in [3.8, 4) is 0 Å². The standard InChI is InChI=1S/C13H19BrN2O2S/c14-11-19(17,18)15-13-6-8-16(9-7-13)10-12-4-2-1-3-5-12/h1-5,13,15H,6-11H2. The highest BCUT2D eigenvalue weighted by Crippen LogP contribution is 2.14. The summed E-state index contributed by atoms with van der Waals surface area (Å²) >= 11 is 2.99. The van der Waals surface area contributed by atoms with Crippen molar-refractivity contribution < 1.29 is 8.42 Å². The summed E-state index contributed by atoms with van der Waals surface area (Å²) in [6, 6.07) is 10.4. The van der Waals surface area contributed by atoms with E-state index in [2.05, 4.69) is 37.7 Å². The highest BCUT2D eigenvalue weighted by atomic mass is 79.9. The van der Waals surface area contributed by atoms with Gasteiger partial charge in [-0.3, -0.25) is 4.90 Å². The molecule has 0 spiro atoms. The quantitative estimate of drug-likeness (QED) is 0.828. The number of alkyl halides is 1. The topological polar surface area (TPSA) is 49.4 Å². The van der Waals surface area contributed by atoms with E-state index >= 15 is 0 Å². The van der Waals surface area contributed by atoms with Crippen molar-refractivity contribution in [2.24, 2.45) is 0 Å². The highest BCUT2D eigenvalue weighted by molar-refractivity contribution is 9.10. The maximum atomic E-state index is 11.5. The van der Waals surface area contributed by atoms with Crippen LogP contribution in [-0.2, 0) is 16.6 Å². The Labute approximate surface area is 123 Å². The fraction of sp³-hybridized carbons (Fsp3) is 0.538. The summed E-state index contributed by atoms with van der Waals surface area (Å²) < 4.78 is 25.6. The second kappa shape index (κ2) is 6.83. The number of rotatable bonds is 5. The molecule has 0 atom stereocenters. The predicted molar refractivity (Wildman–Crippen MR) is 80.6 cm³/mol. The largest absolute Gasteiger partial charge is 0.299 e. The summed E-state index contributed by atoms with van der Waals surface area (Å²) in [7, 11) is -3.15. The molecule has 19 heavy (non-hydrogen) atoms. The first-order chi connectivity index (χ1) is 9.09. The van der Waals surface area contributed by atoms with Gasteiger partial charge in [-0.05, 0) is 18.4 Å². The van der Waals surface area contributed by atoms with E-state index in [1.54, 1.807) is 0 Å². The Morgan fingerprint density at radius 3 is 2.42 bits per heavy atom. The third kappa shape index (κ3) is 4.87. The van der Waals surface area contributed by atoms with Gasteiger partial charge in [0.15, 0.2) is 0 Å². The third-order valence-corrected chi connectivity index (χ3v) is 6.11. The molecule has 0 amide bonds. The molecule has 0 saturated carbocycles. The van der Waals surface area contributed by atoms with Crippen LogP contribution in [0.2, 0.25) is 0 Å². The molecule has 0 aliphatic carbocycles. The number of likely N-dealkylation sites (tertiary alicyclic amines) is 1. The van der Waals surface area contributed by atoms with Crippen molar-refractivity contribution in [1.29, 1.82) is 0 Å². The summed E-state index contributed by atoms with van der Waals surface area (Å²) in [6.07, 6.45) is 1.75. The van der Waals surface area contributed by atoms with Gasteiger partial charge in [0, 0.05) is 25.7 Å². The van der Waals surface area contributed by atoms with E-state index in [9.17, 15) is 8.42 Å². The number of nitrogens with zero attached hydrogens (tertiary/aromatic N) is 1. The normalized spacial score (nSPS) is 18.6. The Hall–Kier alpha value is -0.430. The molecule has 0 bridgehead atoms. The number of piperidine rings is 1. The van der Waals surface area contributed by atoms with E-state index in [0.717, 1.165) is 32.5 Å². The van der Waals surface area contributed by atoms with E-state index in [4.69, 9.17) is 0 Å². The van der Waals surface area contributed by atoms with Gasteiger partial charge in [0.25, 0.3) is 0 Å². The molecule has 106 valence electrons. The zero-order valence-corrected chi connectivity index (χ0v) is 13.2. The van der Waals surface area contributed by atoms with E-state index in [1.807, 2.05) is 18.2 Å². The van der Waals surface area contributed by atoms with Crippen LogP contribution < -0.4 is 4.72 Å². The van der Waals surface area contributed by atoms with Crippen molar-refractivity contribution >= 4 is 26.0 Å². The van der Waals surface area contributed by atoms with Crippen molar-refractivity contribution in [3.63, 3.8) is 0 Å². The Kier molecular flexibility index (Phi) is 5.38. The van der Waals surface area contributed by atoms with Gasteiger partial charge in [0.05, 0.1) is 0 Å². The lowest BCUT2D eigenvalue weighted by atomic mass is 10.1. The monoisotopic (exact) mass is 346 g/mol. The summed E-state index contributed by atoms with van der Waals surface area (Å²) in [6.45, 7) is 2.81. The SMILES string of the molecule is O=S(=O)(CBr)NC1CCN(Cc2ccccc2)CC1. The van der Waals surface area contributed by atoms with Gasteiger partial charge in [-0.2, -0.15) is 0 Å². The maximum Gasteiger partial charge on any atom is 0.221 e. The van der Waals surface area contributed by atoms with Crippen LogP contribution in [0.4, 0.5) is 0 Å². The molecular formula is C13H19BrN2O2S. The summed E-state index contributed by atoms with van der Waals surface area (Å²) in [5.74, 6) is 0. The van der Waals surface area contributed by atoms with Gasteiger partial charge in [-0.25, -0.2) is 13.1 Å². The fourth-order valence-electron chi connectivity index (χ4n) is 2.34. The number of hydrogen-bond donors (Lipinski definition) is 1. The zero-order chi connectivity index (χ0) is 13.7. The van der Waals surface area contributed by atoms with E-state index in [0.29, 0.717) is 0 Å². The molecule has 6 heteroatoms. The molecule has 1 fully saturated rings. The Balaban J connectivity index is 1.80. The smallest absolute Gasteiger partial charge is 0.221 e. The Morgan fingerprint density at radius 2 is 1.84 bits per heavy atom. The van der Waals surface area contributed by atoms with Gasteiger partial charge in [-0.15, -0.1) is 0 Å². The first kappa shape index (κ1) is 15.0. The molecule has 0 unspecified atom stereocenters. The number of nitrogens with one attached hydrogen (secondary N) is 1. The molecule has 1 aliphatic heterocycles. The minimum absolute atomic E-state index is 0.0236. The number of hydrogen-bond acceptors (Lipinski definition) is 3. The highest BCUT2D eigenvalue weighted by Gasteiger charge is 2.22. The van der Waals surface area contributed by atoms with Crippen LogP contribution in [0.5, 0.6) is 0 Å². The molecular weight excluding hydrogens is 328 g/mol. The van der Waals surface area contributed by atoms with Gasteiger partial charge in [-0.1, -0.05) is 46.3 Å². The summed E-state index contributed by atoms with van der Waals surface area (Å²) in [4.78, 5) is 2.37. The van der Waals surface area contributed by atoms with Crippen molar-refractivity contribution in [1.82, 2.24) is 9.62 Å². The molecule has 1 aliphatic rings. The lowest BCUT2D eigenvalue weighted by molar-refractivity contribution is 0.200. The van der Waals surface area contributed by atoms with Gasteiger partial charge < -0.3 is 0 Å². The fourth-order valence-corrected chi connectivity index (χ4v) is 3.54. The number of halogens is 1. The van der Waals surface area contributed by atoms with E-state index in [1.165, 1.54) is 5.56 Å². The molecule has 0 radical (unpaired) electrons. The van der Waals surface area contributed by atoms with Crippen LogP contribution in [0.3, 0.4) is 0 Å². The second-order valence-electron chi connectivity index (χ2n) is 4.88. The summed E-state index contributed by atoms with van der Waals surface area (Å²) in [5, 5.41) is 0. The van der Waals surface area contributed by atoms with Crippen LogP contribution in [-0.4, -0.2) is 37.1 Å². The molecule has 1 saturated heterocycles. The lowest BCUT2D eigenvalue weighted by Gasteiger charge is -2.32. The maximum absolute atomic E-state index is 11.5. The van der Waals surface area contributed by atoms with Crippen molar-refractivity contribution in [3.05, 3.63) is 35.9 Å². The molecule has 2 rings (SSSR count). The number of sulfonamides is 1. The van der Waals surface area contributed by atoms with Gasteiger partial charge in [0.2, 0.25) is 10.0 Å². The second-order valence-corrected chi connectivity index (χ2v) is 7.93. The summed E-state index contributed by atoms with van der Waals surface area (Å²) in [5.41, 5.74) is 1.31. The first-order valence-electron chi connectivity index (χ1n) is 6.41. The Bertz CT molecular complexity index is 485. The Morgan fingerprint density at radius 1 is 1.21 bits per heavy atom. The number of benzene rings is 1. The molecule has 0 aromatic heterocycles. The molecule has 1 heterocycles. The van der Waals surface area contributed by atoms with Crippen LogP contribution in [0.1, 0.15) is 18.4 Å². The lowest BCUT2D eigenvalue weighted by Crippen LogP contribution is -2.44. The molecule has 1 aromatic rings. The van der Waals surface area contributed by atoms with Gasteiger partial charge >= 0.3 is 0 Å². The van der Waals surface area contributed by atoms with E-state index in [-0.39, 0.29) is 10.7 Å². The van der Waals surface area contributed by atoms with Crippen molar-refractivity contribution in [2.75, 3.05) is 17.8 Å². The predicted octanol–water partition coefficient (Wildman–Crippen LogP) is 1.92. The van der Waals surface area contributed by atoms with Gasteiger partial charge in [0.1, 0.15) is 4.66 Å². The minimum atomic E-state index is -3.15. The van der Waals surface area contributed by atoms with Crippen LogP contribution >= 0.6 is 15.9 Å². The minimum Gasteiger partial charge on any atom is -0.299 e. The van der Waals surface area contributed by atoms with Crippen LogP contribution in [0, 0.1) is 0 Å². The van der Waals surface area contributed by atoms with Crippen LogP contribution in [0.25, 0.3) is 0 Å². The molecule has 1 aromatic carbocycles. The molecule has 1 N–H and O–H groups in total. The molecule has 4 nitrogen and oxygen atoms in total. The average Bonchev–Trinajstić information content (AvgIpc) is 2.42. The zero-order valence-electron chi connectivity index (χ0n) is 10.8. The van der Waals surface area contributed by atoms with Crippen LogP contribution in [0.15, 0.2) is 30.3 Å². The van der Waals surface area contributed by atoms with Crippen molar-refractivity contribution in [2.45, 2.75) is 25.4 Å². The average molecular weight is 347 g/mol. The third-order valence-electron chi connectivity index (χ3n) is 3.33.